The van der Waals surface area contributed by atoms with E-state index in [4.69, 9.17) is 0 Å². The number of halogens is 1. The number of carbonyl (C=O) groups excluding carboxylic acids is 1. The van der Waals surface area contributed by atoms with Crippen molar-refractivity contribution in [2.24, 2.45) is 0 Å². The van der Waals surface area contributed by atoms with Crippen LogP contribution >= 0.6 is 12.4 Å². The lowest BCUT2D eigenvalue weighted by molar-refractivity contribution is -0.132. The van der Waals surface area contributed by atoms with Crippen LogP contribution in [0.25, 0.3) is 0 Å². The Bertz CT molecular complexity index is 383. The monoisotopic (exact) mass is 282 g/mol. The van der Waals surface area contributed by atoms with E-state index in [0.717, 1.165) is 32.4 Å². The number of amides is 1. The maximum atomic E-state index is 12.2. The lowest BCUT2D eigenvalue weighted by Crippen LogP contribution is -2.30. The highest BCUT2D eigenvalue weighted by molar-refractivity contribution is 5.85. The Balaban J connectivity index is 0.00000180. The van der Waals surface area contributed by atoms with Crippen LogP contribution in [0.2, 0.25) is 0 Å². The molecule has 0 saturated carbocycles. The molecule has 1 N–H and O–H groups in total. The average Bonchev–Trinajstić information content (AvgIpc) is 2.89. The molecule has 0 aliphatic carbocycles. The molecular weight excluding hydrogens is 260 g/mol. The van der Waals surface area contributed by atoms with E-state index < -0.39 is 0 Å². The zero-order valence-corrected chi connectivity index (χ0v) is 12.3. The standard InChI is InChI=1S/C15H22N2O.ClH/c1-16-11-5-10-15(18)17-12-6-9-14(17)13-7-3-2-4-8-13;/h2-4,7-8,14,16H,5-6,9-12H2,1H3;1H. The van der Waals surface area contributed by atoms with Crippen LogP contribution in [0.1, 0.15) is 37.3 Å². The van der Waals surface area contributed by atoms with E-state index in [0.29, 0.717) is 18.4 Å². The fourth-order valence-corrected chi connectivity index (χ4v) is 2.65. The van der Waals surface area contributed by atoms with Gasteiger partial charge in [0.15, 0.2) is 0 Å². The molecule has 0 bridgehead atoms. The second kappa shape index (κ2) is 8.18. The van der Waals surface area contributed by atoms with Crippen molar-refractivity contribution >= 4 is 18.3 Å². The van der Waals surface area contributed by atoms with E-state index in [1.54, 1.807) is 0 Å². The summed E-state index contributed by atoms with van der Waals surface area (Å²) >= 11 is 0. The van der Waals surface area contributed by atoms with Crippen LogP contribution in [-0.4, -0.2) is 30.9 Å². The van der Waals surface area contributed by atoms with Crippen LogP contribution in [0.4, 0.5) is 0 Å². The quantitative estimate of drug-likeness (QED) is 0.843. The third-order valence-electron chi connectivity index (χ3n) is 3.57. The smallest absolute Gasteiger partial charge is 0.223 e. The average molecular weight is 283 g/mol. The molecule has 1 atom stereocenters. The summed E-state index contributed by atoms with van der Waals surface area (Å²) < 4.78 is 0. The molecule has 1 aliphatic rings. The number of likely N-dealkylation sites (tertiary alicyclic amines) is 1. The highest BCUT2D eigenvalue weighted by Gasteiger charge is 2.28. The van der Waals surface area contributed by atoms with Crippen molar-refractivity contribution in [3.8, 4) is 0 Å². The summed E-state index contributed by atoms with van der Waals surface area (Å²) in [5.41, 5.74) is 1.27. The Morgan fingerprint density at radius 3 is 2.79 bits per heavy atom. The molecule has 1 aromatic rings. The van der Waals surface area contributed by atoms with Crippen LogP contribution < -0.4 is 5.32 Å². The Hall–Kier alpha value is -1.06. The molecule has 3 nitrogen and oxygen atoms in total. The van der Waals surface area contributed by atoms with E-state index in [1.807, 2.05) is 13.1 Å². The molecule has 1 aromatic carbocycles. The van der Waals surface area contributed by atoms with Crippen LogP contribution in [0.5, 0.6) is 0 Å². The van der Waals surface area contributed by atoms with Gasteiger partial charge in [0, 0.05) is 13.0 Å². The van der Waals surface area contributed by atoms with Crippen LogP contribution in [0, 0.1) is 0 Å². The number of hydrogen-bond acceptors (Lipinski definition) is 2. The van der Waals surface area contributed by atoms with Crippen LogP contribution in [0.15, 0.2) is 30.3 Å². The minimum atomic E-state index is 0. The molecule has 106 valence electrons. The molecule has 2 rings (SSSR count). The third-order valence-corrected chi connectivity index (χ3v) is 3.57. The Morgan fingerprint density at radius 2 is 2.11 bits per heavy atom. The van der Waals surface area contributed by atoms with Crippen molar-refractivity contribution in [3.63, 3.8) is 0 Å². The molecule has 1 amide bonds. The summed E-state index contributed by atoms with van der Waals surface area (Å²) in [6.45, 7) is 1.83. The summed E-state index contributed by atoms with van der Waals surface area (Å²) in [7, 11) is 1.92. The van der Waals surface area contributed by atoms with Gasteiger partial charge < -0.3 is 10.2 Å². The van der Waals surface area contributed by atoms with Crippen LogP contribution in [0.3, 0.4) is 0 Å². The minimum absolute atomic E-state index is 0. The van der Waals surface area contributed by atoms with Gasteiger partial charge in [-0.15, -0.1) is 12.4 Å². The van der Waals surface area contributed by atoms with Gasteiger partial charge in [-0.05, 0) is 38.4 Å². The highest BCUT2D eigenvalue weighted by Crippen LogP contribution is 2.32. The molecule has 0 aromatic heterocycles. The lowest BCUT2D eigenvalue weighted by Gasteiger charge is -2.25. The molecule has 19 heavy (non-hydrogen) atoms. The van der Waals surface area contributed by atoms with E-state index in [1.165, 1.54) is 5.56 Å². The van der Waals surface area contributed by atoms with Crippen molar-refractivity contribution in [2.45, 2.75) is 31.7 Å². The SMILES string of the molecule is CNCCCC(=O)N1CCCC1c1ccccc1.Cl. The molecular formula is C15H23ClN2O. The van der Waals surface area contributed by atoms with Crippen molar-refractivity contribution in [1.82, 2.24) is 10.2 Å². The summed E-state index contributed by atoms with van der Waals surface area (Å²) in [6, 6.07) is 10.7. The Morgan fingerprint density at radius 1 is 1.37 bits per heavy atom. The van der Waals surface area contributed by atoms with Crippen molar-refractivity contribution in [3.05, 3.63) is 35.9 Å². The van der Waals surface area contributed by atoms with Crippen LogP contribution in [-0.2, 0) is 4.79 Å². The summed E-state index contributed by atoms with van der Waals surface area (Å²) in [4.78, 5) is 14.3. The molecule has 1 fully saturated rings. The first-order chi connectivity index (χ1) is 8.83. The highest BCUT2D eigenvalue weighted by atomic mass is 35.5. The summed E-state index contributed by atoms with van der Waals surface area (Å²) in [6.07, 6.45) is 3.80. The Kier molecular flexibility index (Phi) is 6.89. The van der Waals surface area contributed by atoms with Gasteiger partial charge in [0.05, 0.1) is 6.04 Å². The van der Waals surface area contributed by atoms with Gasteiger partial charge in [0.2, 0.25) is 5.91 Å². The number of nitrogens with one attached hydrogen (secondary N) is 1. The van der Waals surface area contributed by atoms with Gasteiger partial charge in [0.1, 0.15) is 0 Å². The van der Waals surface area contributed by atoms with E-state index in [2.05, 4.69) is 34.5 Å². The van der Waals surface area contributed by atoms with Gasteiger partial charge in [-0.2, -0.15) is 0 Å². The number of rotatable bonds is 5. The zero-order chi connectivity index (χ0) is 12.8. The maximum Gasteiger partial charge on any atom is 0.223 e. The normalized spacial score (nSPS) is 18.2. The Labute approximate surface area is 121 Å². The van der Waals surface area contributed by atoms with Crippen molar-refractivity contribution in [1.29, 1.82) is 0 Å². The van der Waals surface area contributed by atoms with Gasteiger partial charge in [-0.1, -0.05) is 30.3 Å². The van der Waals surface area contributed by atoms with Crippen molar-refractivity contribution in [2.75, 3.05) is 20.1 Å². The lowest BCUT2D eigenvalue weighted by atomic mass is 10.0. The second-order valence-corrected chi connectivity index (χ2v) is 4.86. The molecule has 1 heterocycles. The number of hydrogen-bond donors (Lipinski definition) is 1. The molecule has 0 spiro atoms. The summed E-state index contributed by atoms with van der Waals surface area (Å²) in [5.74, 6) is 0.302. The number of benzene rings is 1. The molecule has 1 aliphatic heterocycles. The first-order valence-electron chi connectivity index (χ1n) is 6.82. The zero-order valence-electron chi connectivity index (χ0n) is 11.5. The van der Waals surface area contributed by atoms with E-state index in [9.17, 15) is 4.79 Å². The fraction of sp³-hybridized carbons (Fsp3) is 0.533. The third kappa shape index (κ3) is 4.22. The van der Waals surface area contributed by atoms with Gasteiger partial charge >= 0.3 is 0 Å². The van der Waals surface area contributed by atoms with E-state index >= 15 is 0 Å². The van der Waals surface area contributed by atoms with Crippen molar-refractivity contribution < 1.29 is 4.79 Å². The van der Waals surface area contributed by atoms with Gasteiger partial charge in [0.25, 0.3) is 0 Å². The molecule has 4 heteroatoms. The second-order valence-electron chi connectivity index (χ2n) is 4.86. The minimum Gasteiger partial charge on any atom is -0.336 e. The molecule has 1 unspecified atom stereocenters. The predicted molar refractivity (Wildman–Crippen MR) is 80.5 cm³/mol. The predicted octanol–water partition coefficient (Wildman–Crippen LogP) is 2.77. The number of carbonyl (C=O) groups is 1. The first-order valence-corrected chi connectivity index (χ1v) is 6.82. The maximum absolute atomic E-state index is 12.2. The molecule has 1 saturated heterocycles. The van der Waals surface area contributed by atoms with Gasteiger partial charge in [-0.25, -0.2) is 0 Å². The topological polar surface area (TPSA) is 32.3 Å². The number of nitrogens with zero attached hydrogens (tertiary/aromatic N) is 1. The largest absolute Gasteiger partial charge is 0.336 e. The first kappa shape index (κ1) is 16.0. The fourth-order valence-electron chi connectivity index (χ4n) is 2.65. The van der Waals surface area contributed by atoms with E-state index in [-0.39, 0.29) is 12.4 Å². The molecule has 0 radical (unpaired) electrons. The summed E-state index contributed by atoms with van der Waals surface area (Å²) in [5, 5.41) is 3.09. The van der Waals surface area contributed by atoms with Gasteiger partial charge in [-0.3, -0.25) is 4.79 Å².